The molecule has 6 nitrogen and oxygen atoms in total. The Balaban J connectivity index is 1.53. The first kappa shape index (κ1) is 23.7. The molecule has 0 unspecified atom stereocenters. The van der Waals surface area contributed by atoms with Gasteiger partial charge < -0.3 is 10.6 Å². The van der Waals surface area contributed by atoms with Crippen molar-refractivity contribution < 1.29 is 0 Å². The second-order valence-corrected chi connectivity index (χ2v) is 7.69. The Morgan fingerprint density at radius 3 is 1.25 bits per heavy atom. The Kier molecular flexibility index (Phi) is 11.1. The molecule has 3 rings (SSSR count). The maximum atomic E-state index is 4.55. The molecule has 2 N–H and O–H groups in total. The summed E-state index contributed by atoms with van der Waals surface area (Å²) in [6.45, 7) is 6.79. The summed E-state index contributed by atoms with van der Waals surface area (Å²) in [4.78, 5) is 18.2. The molecule has 2 aromatic carbocycles. The van der Waals surface area contributed by atoms with Crippen LogP contribution in [0.25, 0.3) is 0 Å². The molecular weight excluding hydrogens is 396 g/mol. The van der Waals surface area contributed by atoms with Gasteiger partial charge in [0, 0.05) is 51.0 Å². The lowest BCUT2D eigenvalue weighted by Crippen LogP contribution is -2.19. The van der Waals surface area contributed by atoms with Crippen LogP contribution in [0.4, 0.5) is 0 Å². The monoisotopic (exact) mass is 430 g/mol. The van der Waals surface area contributed by atoms with Crippen molar-refractivity contribution in [3.05, 3.63) is 70.8 Å². The summed E-state index contributed by atoms with van der Waals surface area (Å²) in [5.41, 5.74) is 4.44. The lowest BCUT2D eigenvalue weighted by Gasteiger charge is -2.02. The van der Waals surface area contributed by atoms with Crippen LogP contribution >= 0.6 is 0 Å². The minimum absolute atomic E-state index is 0.765. The first-order valence-electron chi connectivity index (χ1n) is 11.5. The number of hydrogen-bond donors (Lipinski definition) is 2. The number of nitrogens with zero attached hydrogens (tertiary/aromatic N) is 4. The molecule has 0 aromatic heterocycles. The van der Waals surface area contributed by atoms with Gasteiger partial charge in [-0.15, -0.1) is 0 Å². The third-order valence-electron chi connectivity index (χ3n) is 4.90. The largest absolute Gasteiger partial charge is 0.315 e. The molecule has 0 radical (unpaired) electrons. The van der Waals surface area contributed by atoms with Crippen molar-refractivity contribution in [3.8, 4) is 0 Å². The highest BCUT2D eigenvalue weighted by atomic mass is 14.9. The zero-order chi connectivity index (χ0) is 22.1. The van der Waals surface area contributed by atoms with Gasteiger partial charge in [0.1, 0.15) is 0 Å². The quantitative estimate of drug-likeness (QED) is 0.674. The number of hydrogen-bond acceptors (Lipinski definition) is 6. The zero-order valence-electron chi connectivity index (χ0n) is 18.8. The van der Waals surface area contributed by atoms with E-state index in [-0.39, 0.29) is 0 Å². The van der Waals surface area contributed by atoms with Gasteiger partial charge in [-0.05, 0) is 60.3 Å². The van der Waals surface area contributed by atoms with Crippen LogP contribution in [-0.2, 0) is 0 Å². The Morgan fingerprint density at radius 1 is 0.469 bits per heavy atom. The Hall–Kier alpha value is -2.96. The van der Waals surface area contributed by atoms with Gasteiger partial charge in [-0.2, -0.15) is 0 Å². The molecule has 1 aliphatic rings. The van der Waals surface area contributed by atoms with Gasteiger partial charge in [0.25, 0.3) is 0 Å². The predicted octanol–water partition coefficient (Wildman–Crippen LogP) is 3.04. The van der Waals surface area contributed by atoms with E-state index in [1.54, 1.807) is 0 Å². The van der Waals surface area contributed by atoms with Crippen molar-refractivity contribution in [3.63, 3.8) is 0 Å². The molecule has 168 valence electrons. The van der Waals surface area contributed by atoms with E-state index < -0.39 is 0 Å². The molecule has 0 atom stereocenters. The maximum Gasteiger partial charge on any atom is 0.0514 e. The third kappa shape index (κ3) is 9.90. The first-order chi connectivity index (χ1) is 15.9. The number of rotatable bonds is 0. The van der Waals surface area contributed by atoms with Crippen LogP contribution in [0.3, 0.4) is 0 Å². The molecule has 0 saturated carbocycles. The maximum absolute atomic E-state index is 4.55. The fourth-order valence-electron chi connectivity index (χ4n) is 3.25. The number of nitrogens with one attached hydrogen (secondary N) is 2. The molecule has 32 heavy (non-hydrogen) atoms. The van der Waals surface area contributed by atoms with Gasteiger partial charge in [-0.25, -0.2) is 0 Å². The van der Waals surface area contributed by atoms with Crippen molar-refractivity contribution in [2.24, 2.45) is 20.0 Å². The van der Waals surface area contributed by atoms with Gasteiger partial charge in [0.15, 0.2) is 0 Å². The molecular formula is C26H34N6. The molecule has 0 saturated heterocycles. The summed E-state index contributed by atoms with van der Waals surface area (Å²) >= 11 is 0. The Bertz CT molecular complexity index is 774. The van der Waals surface area contributed by atoms with Crippen LogP contribution in [0.1, 0.15) is 35.1 Å². The molecule has 6 heteroatoms. The van der Waals surface area contributed by atoms with Crippen LogP contribution < -0.4 is 10.6 Å². The van der Waals surface area contributed by atoms with E-state index in [9.17, 15) is 0 Å². The molecule has 1 aliphatic heterocycles. The van der Waals surface area contributed by atoms with E-state index in [2.05, 4.69) is 73.1 Å². The number of fused-ring (bicyclic) bond motifs is 4. The van der Waals surface area contributed by atoms with Crippen LogP contribution in [0, 0.1) is 0 Å². The highest BCUT2D eigenvalue weighted by Crippen LogP contribution is 2.02. The average molecular weight is 431 g/mol. The molecule has 2 aromatic rings. The molecule has 4 bridgehead atoms. The van der Waals surface area contributed by atoms with Gasteiger partial charge in [0.05, 0.1) is 13.1 Å². The second-order valence-electron chi connectivity index (χ2n) is 7.69. The minimum Gasteiger partial charge on any atom is -0.315 e. The normalized spacial score (nSPS) is 17.2. The van der Waals surface area contributed by atoms with E-state index >= 15 is 0 Å². The van der Waals surface area contributed by atoms with Crippen LogP contribution in [0.15, 0.2) is 68.5 Å². The summed E-state index contributed by atoms with van der Waals surface area (Å²) in [6, 6.07) is 16.6. The Labute approximate surface area is 191 Å². The SMILES string of the molecule is C1=NCCCNCCN=Cc2cccc(c2)C=NCCNCCCN=Cc2cccc1c2. The predicted molar refractivity (Wildman–Crippen MR) is 138 cm³/mol. The van der Waals surface area contributed by atoms with E-state index in [0.717, 1.165) is 87.5 Å². The smallest absolute Gasteiger partial charge is 0.0514 e. The fourth-order valence-corrected chi connectivity index (χ4v) is 3.25. The summed E-state index contributed by atoms with van der Waals surface area (Å²) in [5, 5.41) is 6.85. The average Bonchev–Trinajstić information content (AvgIpc) is 2.81. The van der Waals surface area contributed by atoms with E-state index in [1.165, 1.54) is 0 Å². The molecule has 0 fully saturated rings. The van der Waals surface area contributed by atoms with Gasteiger partial charge in [0.2, 0.25) is 0 Å². The topological polar surface area (TPSA) is 73.5 Å². The minimum atomic E-state index is 0.765. The fraction of sp³-hybridized carbons (Fsp3) is 0.385. The van der Waals surface area contributed by atoms with Crippen LogP contribution in [-0.4, -0.2) is 77.2 Å². The lowest BCUT2D eigenvalue weighted by molar-refractivity contribution is 0.661. The van der Waals surface area contributed by atoms with Crippen molar-refractivity contribution >= 4 is 24.9 Å². The molecule has 0 spiro atoms. The van der Waals surface area contributed by atoms with Gasteiger partial charge >= 0.3 is 0 Å². The summed E-state index contributed by atoms with van der Waals surface area (Å²) < 4.78 is 0. The highest BCUT2D eigenvalue weighted by molar-refractivity contribution is 5.86. The van der Waals surface area contributed by atoms with Crippen molar-refractivity contribution in [2.75, 3.05) is 52.4 Å². The van der Waals surface area contributed by atoms with Crippen molar-refractivity contribution in [1.29, 1.82) is 0 Å². The summed E-state index contributed by atoms with van der Waals surface area (Å²) in [5.74, 6) is 0. The van der Waals surface area contributed by atoms with Gasteiger partial charge in [-0.3, -0.25) is 20.0 Å². The molecule has 1 heterocycles. The highest BCUT2D eigenvalue weighted by Gasteiger charge is 1.94. The summed E-state index contributed by atoms with van der Waals surface area (Å²) in [6.07, 6.45) is 9.79. The zero-order valence-corrected chi connectivity index (χ0v) is 18.8. The Morgan fingerprint density at radius 2 is 0.844 bits per heavy atom. The molecule has 0 amide bonds. The van der Waals surface area contributed by atoms with E-state index in [1.807, 2.05) is 30.9 Å². The molecule has 0 aliphatic carbocycles. The summed E-state index contributed by atoms with van der Waals surface area (Å²) in [7, 11) is 0. The van der Waals surface area contributed by atoms with E-state index in [0.29, 0.717) is 0 Å². The van der Waals surface area contributed by atoms with Crippen LogP contribution in [0.2, 0.25) is 0 Å². The second kappa shape index (κ2) is 14.9. The number of benzene rings is 2. The number of aliphatic imine (C=N–C) groups is 4. The van der Waals surface area contributed by atoms with E-state index in [4.69, 9.17) is 0 Å². The standard InChI is InChI=1S/C26H34N6/c1-5-23-17-24(6-1)20-30-12-4-10-28-14-16-32-22-26-8-2-7-25(18-26)21-31-15-13-27-9-3-11-29-19-23/h1-2,5-8,17-22,27-28H,3-4,9-16H2. The third-order valence-corrected chi connectivity index (χ3v) is 4.90. The first-order valence-corrected chi connectivity index (χ1v) is 11.5. The van der Waals surface area contributed by atoms with Gasteiger partial charge in [-0.1, -0.05) is 36.4 Å². The van der Waals surface area contributed by atoms with Crippen LogP contribution in [0.5, 0.6) is 0 Å². The lowest BCUT2D eigenvalue weighted by atomic mass is 10.1. The van der Waals surface area contributed by atoms with Crippen molar-refractivity contribution in [1.82, 2.24) is 10.6 Å². The van der Waals surface area contributed by atoms with Crippen molar-refractivity contribution in [2.45, 2.75) is 12.8 Å².